The van der Waals surface area contributed by atoms with Crippen molar-refractivity contribution in [3.8, 4) is 11.1 Å². The van der Waals surface area contributed by atoms with E-state index in [0.717, 1.165) is 36.4 Å². The highest BCUT2D eigenvalue weighted by Crippen LogP contribution is 2.33. The normalized spacial score (nSPS) is 22.0. The van der Waals surface area contributed by atoms with Gasteiger partial charge in [-0.15, -0.1) is 0 Å². The summed E-state index contributed by atoms with van der Waals surface area (Å²) in [5, 5.41) is 7.44. The van der Waals surface area contributed by atoms with Crippen molar-refractivity contribution in [2.75, 3.05) is 25.6 Å². The zero-order valence-corrected chi connectivity index (χ0v) is 19.8. The second-order valence-corrected chi connectivity index (χ2v) is 9.89. The van der Waals surface area contributed by atoms with E-state index in [2.05, 4.69) is 27.5 Å². The van der Waals surface area contributed by atoms with Crippen LogP contribution in [0.1, 0.15) is 51.1 Å². The summed E-state index contributed by atoms with van der Waals surface area (Å²) in [7, 11) is 1.75. The maximum atomic E-state index is 14.2. The Labute approximate surface area is 195 Å². The van der Waals surface area contributed by atoms with Gasteiger partial charge in [0, 0.05) is 55.0 Å². The molecule has 0 aliphatic heterocycles. The molecule has 2 saturated carbocycles. The van der Waals surface area contributed by atoms with Gasteiger partial charge in [0.1, 0.15) is 0 Å². The zero-order valence-electron chi connectivity index (χ0n) is 19.0. The molecular formula is C25H34ClFN4O. The van der Waals surface area contributed by atoms with Crippen LogP contribution in [-0.4, -0.2) is 42.3 Å². The number of hydrogen-bond acceptors (Lipinski definition) is 5. The van der Waals surface area contributed by atoms with Crippen LogP contribution in [0.25, 0.3) is 11.1 Å². The van der Waals surface area contributed by atoms with E-state index < -0.39 is 5.95 Å². The molecule has 0 aromatic carbocycles. The van der Waals surface area contributed by atoms with Crippen molar-refractivity contribution in [2.45, 2.75) is 64.0 Å². The van der Waals surface area contributed by atoms with Gasteiger partial charge in [-0.2, -0.15) is 4.39 Å². The maximum Gasteiger partial charge on any atom is 0.236 e. The quantitative estimate of drug-likeness (QED) is 0.459. The number of halogens is 2. The molecule has 2 aromatic rings. The van der Waals surface area contributed by atoms with Crippen LogP contribution in [0.15, 0.2) is 24.5 Å². The Kier molecular flexibility index (Phi) is 7.98. The molecule has 32 heavy (non-hydrogen) atoms. The van der Waals surface area contributed by atoms with Crippen LogP contribution in [-0.2, 0) is 11.2 Å². The van der Waals surface area contributed by atoms with E-state index in [-0.39, 0.29) is 0 Å². The average Bonchev–Trinajstić information content (AvgIpc) is 3.61. The topological polar surface area (TPSA) is 59.1 Å². The fraction of sp³-hybridized carbons (Fsp3) is 0.600. The fourth-order valence-corrected chi connectivity index (χ4v) is 4.85. The summed E-state index contributed by atoms with van der Waals surface area (Å²) in [5.41, 5.74) is 3.16. The second kappa shape index (κ2) is 10.9. The number of nitrogens with zero attached hydrogens (tertiary/aromatic N) is 2. The maximum absolute atomic E-state index is 14.2. The van der Waals surface area contributed by atoms with Gasteiger partial charge in [-0.05, 0) is 75.8 Å². The Balaban J connectivity index is 1.38. The zero-order chi connectivity index (χ0) is 22.5. The standard InChI is InChI=1S/C25H34ClFN4O/c1-16(15-32-2)31-20-7-5-17(6-8-20)9-21-11-22(23(26)14-28-21)19-10-24(25(27)30-13-19)29-12-18-3-4-18/h10-11,13-14,16-18,20,29,31H,3-9,12,15H2,1-2H3/t16-,17?,20?/m0/s1. The van der Waals surface area contributed by atoms with Crippen LogP contribution in [0.4, 0.5) is 10.1 Å². The van der Waals surface area contributed by atoms with Crippen LogP contribution in [0.2, 0.25) is 5.02 Å². The predicted octanol–water partition coefficient (Wildman–Crippen LogP) is 5.48. The molecular weight excluding hydrogens is 427 g/mol. The van der Waals surface area contributed by atoms with E-state index >= 15 is 0 Å². The molecule has 0 saturated heterocycles. The van der Waals surface area contributed by atoms with E-state index in [1.807, 2.05) is 12.1 Å². The van der Waals surface area contributed by atoms with Crippen molar-refractivity contribution in [2.24, 2.45) is 11.8 Å². The number of pyridine rings is 2. The third-order valence-electron chi connectivity index (χ3n) is 6.62. The molecule has 5 nitrogen and oxygen atoms in total. The van der Waals surface area contributed by atoms with Crippen LogP contribution in [0.5, 0.6) is 0 Å². The molecule has 7 heteroatoms. The van der Waals surface area contributed by atoms with Crippen LogP contribution >= 0.6 is 11.6 Å². The molecule has 2 N–H and O–H groups in total. The van der Waals surface area contributed by atoms with Gasteiger partial charge in [0.25, 0.3) is 0 Å². The first-order valence-corrected chi connectivity index (χ1v) is 12.2. The Morgan fingerprint density at radius 2 is 1.84 bits per heavy atom. The smallest absolute Gasteiger partial charge is 0.236 e. The Morgan fingerprint density at radius 3 is 2.56 bits per heavy atom. The molecule has 0 amide bonds. The van der Waals surface area contributed by atoms with Crippen molar-refractivity contribution in [1.82, 2.24) is 15.3 Å². The van der Waals surface area contributed by atoms with Gasteiger partial charge in [0.2, 0.25) is 5.95 Å². The summed E-state index contributed by atoms with van der Waals surface area (Å²) in [5.74, 6) is 0.807. The largest absolute Gasteiger partial charge is 0.383 e. The van der Waals surface area contributed by atoms with Crippen LogP contribution in [0.3, 0.4) is 0 Å². The number of methoxy groups -OCH3 is 1. The first-order chi connectivity index (χ1) is 15.5. The van der Waals surface area contributed by atoms with Gasteiger partial charge in [-0.25, -0.2) is 4.98 Å². The van der Waals surface area contributed by atoms with Crippen molar-refractivity contribution in [3.63, 3.8) is 0 Å². The molecule has 2 fully saturated rings. The van der Waals surface area contributed by atoms with Crippen molar-refractivity contribution < 1.29 is 9.13 Å². The fourth-order valence-electron chi connectivity index (χ4n) is 4.64. The molecule has 1 atom stereocenters. The molecule has 0 radical (unpaired) electrons. The van der Waals surface area contributed by atoms with Gasteiger partial charge in [-0.1, -0.05) is 11.6 Å². The number of nitrogens with one attached hydrogen (secondary N) is 2. The highest BCUT2D eigenvalue weighted by Gasteiger charge is 2.24. The van der Waals surface area contributed by atoms with E-state index in [9.17, 15) is 4.39 Å². The summed E-state index contributed by atoms with van der Waals surface area (Å²) in [6, 6.07) is 4.81. The van der Waals surface area contributed by atoms with Crippen LogP contribution < -0.4 is 10.6 Å². The third kappa shape index (κ3) is 6.40. The van der Waals surface area contributed by atoms with E-state index in [1.165, 1.54) is 38.5 Å². The molecule has 0 bridgehead atoms. The SMILES string of the molecule is COC[C@H](C)NC1CCC(Cc2cc(-c3cnc(F)c(NCC4CC4)c3)c(Cl)cn2)CC1. The van der Waals surface area contributed by atoms with Crippen molar-refractivity contribution >= 4 is 17.3 Å². The van der Waals surface area contributed by atoms with E-state index in [0.29, 0.717) is 34.6 Å². The van der Waals surface area contributed by atoms with Crippen LogP contribution in [0, 0.1) is 17.8 Å². The minimum Gasteiger partial charge on any atom is -0.383 e. The lowest BCUT2D eigenvalue weighted by Crippen LogP contribution is -2.41. The number of rotatable bonds is 10. The Bertz CT molecular complexity index is 900. The van der Waals surface area contributed by atoms with Gasteiger partial charge in [0.15, 0.2) is 0 Å². The lowest BCUT2D eigenvalue weighted by atomic mass is 9.83. The lowest BCUT2D eigenvalue weighted by Gasteiger charge is -2.31. The summed E-state index contributed by atoms with van der Waals surface area (Å²) in [4.78, 5) is 8.55. The molecule has 2 aromatic heterocycles. The van der Waals surface area contributed by atoms with E-state index in [1.54, 1.807) is 19.5 Å². The van der Waals surface area contributed by atoms with Crippen molar-refractivity contribution in [1.29, 1.82) is 0 Å². The summed E-state index contributed by atoms with van der Waals surface area (Å²) < 4.78 is 19.4. The summed E-state index contributed by atoms with van der Waals surface area (Å²) >= 11 is 6.47. The monoisotopic (exact) mass is 460 g/mol. The molecule has 2 heterocycles. The number of anilines is 1. The number of aromatic nitrogens is 2. The summed E-state index contributed by atoms with van der Waals surface area (Å²) in [6.45, 7) is 3.71. The number of hydrogen-bond donors (Lipinski definition) is 2. The minimum atomic E-state index is -0.468. The first kappa shape index (κ1) is 23.4. The molecule has 2 aliphatic rings. The number of ether oxygens (including phenoxy) is 1. The van der Waals surface area contributed by atoms with E-state index in [4.69, 9.17) is 16.3 Å². The third-order valence-corrected chi connectivity index (χ3v) is 6.92. The van der Waals surface area contributed by atoms with Gasteiger partial charge >= 0.3 is 0 Å². The minimum absolute atomic E-state index is 0.384. The highest BCUT2D eigenvalue weighted by molar-refractivity contribution is 6.33. The molecule has 0 spiro atoms. The molecule has 4 rings (SSSR count). The first-order valence-electron chi connectivity index (χ1n) is 11.8. The summed E-state index contributed by atoms with van der Waals surface area (Å²) in [6.07, 6.45) is 11.4. The molecule has 0 unspecified atom stereocenters. The lowest BCUT2D eigenvalue weighted by molar-refractivity contribution is 0.158. The molecule has 2 aliphatic carbocycles. The average molecular weight is 461 g/mol. The highest BCUT2D eigenvalue weighted by atomic mass is 35.5. The predicted molar refractivity (Wildman–Crippen MR) is 128 cm³/mol. The molecule has 174 valence electrons. The second-order valence-electron chi connectivity index (χ2n) is 9.49. The van der Waals surface area contributed by atoms with Gasteiger partial charge < -0.3 is 15.4 Å². The Morgan fingerprint density at radius 1 is 1.09 bits per heavy atom. The van der Waals surface area contributed by atoms with Gasteiger partial charge in [-0.3, -0.25) is 4.98 Å². The Hall–Kier alpha value is -1.76. The van der Waals surface area contributed by atoms with Gasteiger partial charge in [0.05, 0.1) is 17.3 Å². The van der Waals surface area contributed by atoms with Crippen molar-refractivity contribution in [3.05, 3.63) is 41.2 Å².